The van der Waals surface area contributed by atoms with E-state index in [1.165, 1.54) is 6.42 Å². The topological polar surface area (TPSA) is 67.4 Å². The molecule has 0 bridgehead atoms. The van der Waals surface area contributed by atoms with Crippen molar-refractivity contribution in [3.05, 3.63) is 58.7 Å². The van der Waals surface area contributed by atoms with E-state index in [1.54, 1.807) is 19.1 Å². The highest BCUT2D eigenvalue weighted by Gasteiger charge is 2.21. The first-order valence-electron chi connectivity index (χ1n) is 10.8. The highest BCUT2D eigenvalue weighted by molar-refractivity contribution is 6.04. The Morgan fingerprint density at radius 3 is 2.47 bits per heavy atom. The molecule has 30 heavy (non-hydrogen) atoms. The van der Waals surface area contributed by atoms with Gasteiger partial charge in [0, 0.05) is 6.04 Å². The third kappa shape index (κ3) is 5.41. The summed E-state index contributed by atoms with van der Waals surface area (Å²) in [5, 5.41) is 5.99. The number of carbonyl (C=O) groups is 2. The second-order valence-corrected chi connectivity index (χ2v) is 8.31. The van der Waals surface area contributed by atoms with Crippen LogP contribution in [0.15, 0.2) is 36.4 Å². The number of hydrogen-bond donors (Lipinski definition) is 2. The van der Waals surface area contributed by atoms with Crippen molar-refractivity contribution in [3.8, 4) is 5.75 Å². The lowest BCUT2D eigenvalue weighted by atomic mass is 9.95. The highest BCUT2D eigenvalue weighted by Crippen LogP contribution is 2.25. The molecule has 0 aromatic heterocycles. The molecule has 0 heterocycles. The molecule has 0 radical (unpaired) electrons. The highest BCUT2D eigenvalue weighted by atomic mass is 16.5. The fourth-order valence-electron chi connectivity index (χ4n) is 3.90. The maximum absolute atomic E-state index is 12.8. The first kappa shape index (κ1) is 21.9. The molecule has 2 aromatic rings. The summed E-state index contributed by atoms with van der Waals surface area (Å²) in [6, 6.07) is 11.4. The molecule has 2 amide bonds. The van der Waals surface area contributed by atoms with Gasteiger partial charge in [0.1, 0.15) is 5.75 Å². The molecular weight excluding hydrogens is 376 g/mol. The maximum Gasteiger partial charge on any atom is 0.265 e. The summed E-state index contributed by atoms with van der Waals surface area (Å²) in [6.07, 6.45) is 4.86. The molecule has 1 fully saturated rings. The molecule has 2 N–H and O–H groups in total. The number of carbonyl (C=O) groups excluding carboxylic acids is 2. The smallest absolute Gasteiger partial charge is 0.265 e. The zero-order valence-electron chi connectivity index (χ0n) is 18.4. The summed E-state index contributed by atoms with van der Waals surface area (Å²) >= 11 is 0. The van der Waals surface area contributed by atoms with Gasteiger partial charge >= 0.3 is 0 Å². The van der Waals surface area contributed by atoms with E-state index in [9.17, 15) is 9.59 Å². The molecule has 1 aliphatic carbocycles. The second kappa shape index (κ2) is 9.79. The lowest BCUT2D eigenvalue weighted by molar-refractivity contribution is -0.122. The Bertz CT molecular complexity index is 917. The van der Waals surface area contributed by atoms with Gasteiger partial charge in [0.15, 0.2) is 6.10 Å². The number of benzene rings is 2. The minimum Gasteiger partial charge on any atom is -0.481 e. The molecule has 5 nitrogen and oxygen atoms in total. The zero-order valence-corrected chi connectivity index (χ0v) is 18.4. The number of rotatable bonds is 6. The Hall–Kier alpha value is -2.82. The third-order valence-electron chi connectivity index (χ3n) is 5.81. The van der Waals surface area contributed by atoms with Gasteiger partial charge in [-0.15, -0.1) is 0 Å². The number of anilines is 1. The number of nitrogens with one attached hydrogen (secondary N) is 2. The monoisotopic (exact) mass is 408 g/mol. The summed E-state index contributed by atoms with van der Waals surface area (Å²) in [4.78, 5) is 25.6. The molecule has 160 valence electrons. The van der Waals surface area contributed by atoms with Crippen LogP contribution in [0.2, 0.25) is 0 Å². The first-order valence-corrected chi connectivity index (χ1v) is 10.8. The van der Waals surface area contributed by atoms with Crippen molar-refractivity contribution in [2.24, 2.45) is 0 Å². The number of ether oxygens (including phenoxy) is 1. The van der Waals surface area contributed by atoms with Crippen LogP contribution in [0.5, 0.6) is 5.75 Å². The molecule has 1 atom stereocenters. The predicted molar refractivity (Wildman–Crippen MR) is 120 cm³/mol. The first-order chi connectivity index (χ1) is 14.3. The van der Waals surface area contributed by atoms with Gasteiger partial charge in [0.2, 0.25) is 0 Å². The lowest BCUT2D eigenvalue weighted by Gasteiger charge is -2.23. The van der Waals surface area contributed by atoms with Gasteiger partial charge in [-0.1, -0.05) is 37.5 Å². The molecule has 0 aliphatic heterocycles. The van der Waals surface area contributed by atoms with Crippen molar-refractivity contribution in [2.45, 2.75) is 71.9 Å². The van der Waals surface area contributed by atoms with Crippen molar-refractivity contribution < 1.29 is 14.3 Å². The minimum absolute atomic E-state index is 0.142. The van der Waals surface area contributed by atoms with Gasteiger partial charge in [0.25, 0.3) is 11.8 Å². The standard InChI is InChI=1S/C25H32N2O3/c1-16-14-17(2)18(3)23(15-16)30-19(4)24(28)27-22-13-9-8-12-21(22)25(29)26-20-10-6-5-7-11-20/h8-9,12-15,19-20H,5-7,10-11H2,1-4H3,(H,26,29)(H,27,28)/t19-/m1/s1. The van der Waals surface area contributed by atoms with E-state index in [-0.39, 0.29) is 17.9 Å². The van der Waals surface area contributed by atoms with E-state index in [2.05, 4.69) is 16.7 Å². The Kier molecular flexibility index (Phi) is 7.14. The molecule has 0 unspecified atom stereocenters. The molecule has 0 saturated heterocycles. The van der Waals surface area contributed by atoms with Crippen LogP contribution in [-0.2, 0) is 4.79 Å². The molecule has 1 aliphatic rings. The van der Waals surface area contributed by atoms with Crippen molar-refractivity contribution in [2.75, 3.05) is 5.32 Å². The summed E-state index contributed by atoms with van der Waals surface area (Å²) in [5.41, 5.74) is 4.22. The van der Waals surface area contributed by atoms with E-state index in [4.69, 9.17) is 4.74 Å². The fraction of sp³-hybridized carbons (Fsp3) is 0.440. The van der Waals surface area contributed by atoms with Crippen molar-refractivity contribution in [3.63, 3.8) is 0 Å². The maximum atomic E-state index is 12.8. The van der Waals surface area contributed by atoms with Gasteiger partial charge in [-0.05, 0) is 75.4 Å². The zero-order chi connectivity index (χ0) is 21.7. The number of aryl methyl sites for hydroxylation is 2. The van der Waals surface area contributed by atoms with E-state index in [0.29, 0.717) is 17.0 Å². The quantitative estimate of drug-likeness (QED) is 0.700. The largest absolute Gasteiger partial charge is 0.481 e. The molecule has 1 saturated carbocycles. The molecular formula is C25H32N2O3. The Morgan fingerprint density at radius 1 is 1.03 bits per heavy atom. The van der Waals surface area contributed by atoms with E-state index in [0.717, 1.165) is 42.4 Å². The van der Waals surface area contributed by atoms with E-state index in [1.807, 2.05) is 39.0 Å². The lowest BCUT2D eigenvalue weighted by Crippen LogP contribution is -2.37. The summed E-state index contributed by atoms with van der Waals surface area (Å²) in [7, 11) is 0. The normalized spacial score (nSPS) is 15.3. The fourth-order valence-corrected chi connectivity index (χ4v) is 3.90. The Labute approximate surface area is 179 Å². The van der Waals surface area contributed by atoms with E-state index >= 15 is 0 Å². The van der Waals surface area contributed by atoms with Crippen LogP contribution in [0.25, 0.3) is 0 Å². The van der Waals surface area contributed by atoms with Crippen LogP contribution in [-0.4, -0.2) is 24.0 Å². The summed E-state index contributed by atoms with van der Waals surface area (Å²) in [6.45, 7) is 7.74. The molecule has 5 heteroatoms. The third-order valence-corrected chi connectivity index (χ3v) is 5.81. The van der Waals surface area contributed by atoms with Gasteiger partial charge in [-0.3, -0.25) is 9.59 Å². The van der Waals surface area contributed by atoms with Crippen LogP contribution in [0.1, 0.15) is 66.1 Å². The molecule has 3 rings (SSSR count). The average Bonchev–Trinajstić information content (AvgIpc) is 2.72. The van der Waals surface area contributed by atoms with Crippen LogP contribution >= 0.6 is 0 Å². The number of amides is 2. The second-order valence-electron chi connectivity index (χ2n) is 8.31. The summed E-state index contributed by atoms with van der Waals surface area (Å²) in [5.74, 6) is 0.279. The average molecular weight is 409 g/mol. The number of hydrogen-bond acceptors (Lipinski definition) is 3. The van der Waals surface area contributed by atoms with Crippen LogP contribution < -0.4 is 15.4 Å². The Morgan fingerprint density at radius 2 is 1.73 bits per heavy atom. The van der Waals surface area contributed by atoms with Gasteiger partial charge in [-0.25, -0.2) is 0 Å². The summed E-state index contributed by atoms with van der Waals surface area (Å²) < 4.78 is 5.95. The van der Waals surface area contributed by atoms with E-state index < -0.39 is 6.10 Å². The van der Waals surface area contributed by atoms with Crippen LogP contribution in [0.4, 0.5) is 5.69 Å². The molecule has 0 spiro atoms. The minimum atomic E-state index is -0.695. The van der Waals surface area contributed by atoms with Gasteiger partial charge < -0.3 is 15.4 Å². The van der Waals surface area contributed by atoms with Gasteiger partial charge in [0.05, 0.1) is 11.3 Å². The van der Waals surface area contributed by atoms with Crippen LogP contribution in [0, 0.1) is 20.8 Å². The molecule has 2 aromatic carbocycles. The number of para-hydroxylation sites is 1. The van der Waals surface area contributed by atoms with Crippen molar-refractivity contribution in [1.82, 2.24) is 5.32 Å². The Balaban J connectivity index is 1.68. The van der Waals surface area contributed by atoms with Gasteiger partial charge in [-0.2, -0.15) is 0 Å². The van der Waals surface area contributed by atoms with Crippen molar-refractivity contribution in [1.29, 1.82) is 0 Å². The van der Waals surface area contributed by atoms with Crippen molar-refractivity contribution >= 4 is 17.5 Å². The SMILES string of the molecule is Cc1cc(C)c(C)c(O[C@H](C)C(=O)Nc2ccccc2C(=O)NC2CCCCC2)c1. The van der Waals surface area contributed by atoms with Crippen LogP contribution in [0.3, 0.4) is 0 Å². The predicted octanol–water partition coefficient (Wildman–Crippen LogP) is 5.08.